The number of hydrogen-bond acceptors (Lipinski definition) is 6. The maximum Gasteiger partial charge on any atom is 0.270 e. The third-order valence-corrected chi connectivity index (χ3v) is 4.67. The van der Waals surface area contributed by atoms with E-state index in [0.29, 0.717) is 0 Å². The highest BCUT2D eigenvalue weighted by atomic mass is 32.2. The Morgan fingerprint density at radius 3 is 2.58 bits per heavy atom. The molecule has 1 rings (SSSR count). The van der Waals surface area contributed by atoms with Crippen LogP contribution in [0.1, 0.15) is 17.3 Å². The van der Waals surface area contributed by atoms with Crippen LogP contribution in [0.15, 0.2) is 24.3 Å². The van der Waals surface area contributed by atoms with Crippen molar-refractivity contribution in [2.45, 2.75) is 12.2 Å². The van der Waals surface area contributed by atoms with Crippen LogP contribution in [0.3, 0.4) is 0 Å². The van der Waals surface area contributed by atoms with E-state index in [9.17, 15) is 23.3 Å². The summed E-state index contributed by atoms with van der Waals surface area (Å²) in [7, 11) is -3.76. The Bertz CT molecular complexity index is 595. The smallest absolute Gasteiger partial charge is 0.270 e. The minimum atomic E-state index is -3.76. The zero-order chi connectivity index (χ0) is 14.6. The molecule has 0 heterocycles. The predicted octanol–water partition coefficient (Wildman–Crippen LogP) is 0.573. The van der Waals surface area contributed by atoms with E-state index in [2.05, 4.69) is 0 Å². The third-order valence-electron chi connectivity index (χ3n) is 2.64. The molecule has 19 heavy (non-hydrogen) atoms. The summed E-state index contributed by atoms with van der Waals surface area (Å²) in [6.07, 6.45) is 0. The molecule has 0 unspecified atom stereocenters. The van der Waals surface area contributed by atoms with Gasteiger partial charge in [0.25, 0.3) is 5.69 Å². The van der Waals surface area contributed by atoms with Crippen LogP contribution in [-0.2, 0) is 9.84 Å². The van der Waals surface area contributed by atoms with E-state index in [1.165, 1.54) is 25.1 Å². The van der Waals surface area contributed by atoms with Gasteiger partial charge in [-0.25, -0.2) is 8.42 Å². The first-order chi connectivity index (χ1) is 8.83. The summed E-state index contributed by atoms with van der Waals surface area (Å²) >= 11 is 0. The van der Waals surface area contributed by atoms with E-state index < -0.39 is 32.4 Å². The van der Waals surface area contributed by atoms with Crippen LogP contribution in [0.25, 0.3) is 0 Å². The predicted molar refractivity (Wildman–Crippen MR) is 67.8 cm³/mol. The first kappa shape index (κ1) is 15.3. The fourth-order valence-corrected chi connectivity index (χ4v) is 2.61. The van der Waals surface area contributed by atoms with Crippen molar-refractivity contribution in [2.75, 3.05) is 12.4 Å². The Kier molecular flexibility index (Phi) is 4.73. The second-order valence-electron chi connectivity index (χ2n) is 3.79. The molecule has 0 saturated carbocycles. The molecule has 1 aromatic rings. The van der Waals surface area contributed by atoms with Gasteiger partial charge in [0.1, 0.15) is 5.25 Å². The molecule has 1 aromatic carbocycles. The zero-order valence-electron chi connectivity index (χ0n) is 10.1. The van der Waals surface area contributed by atoms with E-state index in [1.54, 1.807) is 0 Å². The molecule has 0 aromatic heterocycles. The van der Waals surface area contributed by atoms with E-state index in [4.69, 9.17) is 5.11 Å². The average Bonchev–Trinajstić information content (AvgIpc) is 2.39. The minimum Gasteiger partial charge on any atom is -0.395 e. The minimum absolute atomic E-state index is 0.106. The molecule has 0 bridgehead atoms. The topological polar surface area (TPSA) is 115 Å². The molecule has 1 atom stereocenters. The number of benzene rings is 1. The standard InChI is InChI=1S/C11H13NO6S/c1-2-19(17,18)10(7-13)11(14)8-4-3-5-9(6-8)12(15)16/h3-6,10,13H,2,7H2,1H3/t10-/m1/s1. The molecule has 0 fully saturated rings. The van der Waals surface area contributed by atoms with Gasteiger partial charge in [0.05, 0.1) is 11.5 Å². The van der Waals surface area contributed by atoms with E-state index in [-0.39, 0.29) is 17.0 Å². The lowest BCUT2D eigenvalue weighted by atomic mass is 10.1. The summed E-state index contributed by atoms with van der Waals surface area (Å²) in [5, 5.41) is 18.1. The summed E-state index contributed by atoms with van der Waals surface area (Å²) in [5.74, 6) is -1.13. The molecule has 0 amide bonds. The van der Waals surface area contributed by atoms with E-state index in [0.717, 1.165) is 6.07 Å². The van der Waals surface area contributed by atoms with Gasteiger partial charge in [0, 0.05) is 23.4 Å². The highest BCUT2D eigenvalue weighted by Gasteiger charge is 2.31. The van der Waals surface area contributed by atoms with Gasteiger partial charge in [-0.2, -0.15) is 0 Å². The Hall–Kier alpha value is -1.80. The lowest BCUT2D eigenvalue weighted by Gasteiger charge is -2.12. The molecule has 104 valence electrons. The van der Waals surface area contributed by atoms with E-state index in [1.807, 2.05) is 0 Å². The number of carbonyl (C=O) groups is 1. The second kappa shape index (κ2) is 5.89. The lowest BCUT2D eigenvalue weighted by molar-refractivity contribution is -0.384. The van der Waals surface area contributed by atoms with Crippen molar-refractivity contribution in [1.29, 1.82) is 0 Å². The SMILES string of the molecule is CCS(=O)(=O)[C@H](CO)C(=O)c1cccc([N+](=O)[O-])c1. The zero-order valence-corrected chi connectivity index (χ0v) is 11.0. The van der Waals surface area contributed by atoms with Crippen molar-refractivity contribution in [2.24, 2.45) is 0 Å². The molecule has 0 spiro atoms. The lowest BCUT2D eigenvalue weighted by Crippen LogP contribution is -2.35. The number of nitrogens with zero attached hydrogens (tertiary/aromatic N) is 1. The van der Waals surface area contributed by atoms with Gasteiger partial charge >= 0.3 is 0 Å². The number of non-ortho nitro benzene ring substituents is 1. The molecule has 0 saturated heterocycles. The van der Waals surface area contributed by atoms with Crippen LogP contribution in [0.5, 0.6) is 0 Å². The van der Waals surface area contributed by atoms with E-state index >= 15 is 0 Å². The first-order valence-electron chi connectivity index (χ1n) is 5.44. The Balaban J connectivity index is 3.19. The van der Waals surface area contributed by atoms with Crippen molar-refractivity contribution in [3.05, 3.63) is 39.9 Å². The highest BCUT2D eigenvalue weighted by molar-refractivity contribution is 7.92. The van der Waals surface area contributed by atoms with Crippen LogP contribution in [0, 0.1) is 10.1 Å². The number of nitro groups is 1. The number of carbonyl (C=O) groups excluding carboxylic acids is 1. The Morgan fingerprint density at radius 1 is 1.47 bits per heavy atom. The number of Topliss-reactive ketones (excluding diaryl/α,β-unsaturated/α-hetero) is 1. The van der Waals surface area contributed by atoms with Gasteiger partial charge in [-0.05, 0) is 0 Å². The number of ketones is 1. The normalized spacial score (nSPS) is 12.9. The van der Waals surface area contributed by atoms with Gasteiger partial charge in [-0.1, -0.05) is 19.1 Å². The maximum absolute atomic E-state index is 12.0. The van der Waals surface area contributed by atoms with Crippen molar-refractivity contribution in [1.82, 2.24) is 0 Å². The molecule has 1 N–H and O–H groups in total. The van der Waals surface area contributed by atoms with Crippen LogP contribution in [0.2, 0.25) is 0 Å². The number of rotatable bonds is 6. The molecule has 0 aliphatic carbocycles. The Labute approximate surface area is 109 Å². The molecule has 0 radical (unpaired) electrons. The molecular weight excluding hydrogens is 274 g/mol. The summed E-state index contributed by atoms with van der Waals surface area (Å²) in [6, 6.07) is 4.76. The molecule has 0 aliphatic heterocycles. The fourth-order valence-electron chi connectivity index (χ4n) is 1.52. The number of nitro benzene ring substituents is 1. The van der Waals surface area contributed by atoms with Gasteiger partial charge < -0.3 is 5.11 Å². The number of sulfone groups is 1. The first-order valence-corrected chi connectivity index (χ1v) is 7.16. The van der Waals surface area contributed by atoms with Crippen molar-refractivity contribution < 1.29 is 23.2 Å². The van der Waals surface area contributed by atoms with Crippen molar-refractivity contribution in [3.63, 3.8) is 0 Å². The van der Waals surface area contributed by atoms with Gasteiger partial charge in [0.2, 0.25) is 0 Å². The molecule has 8 heteroatoms. The second-order valence-corrected chi connectivity index (χ2v) is 6.27. The van der Waals surface area contributed by atoms with Crippen LogP contribution in [-0.4, -0.2) is 41.8 Å². The molecule has 7 nitrogen and oxygen atoms in total. The average molecular weight is 287 g/mol. The van der Waals surface area contributed by atoms with Gasteiger partial charge in [0.15, 0.2) is 15.6 Å². The largest absolute Gasteiger partial charge is 0.395 e. The summed E-state index contributed by atoms with van der Waals surface area (Å²) in [6.45, 7) is 0.510. The monoisotopic (exact) mass is 287 g/mol. The quantitative estimate of drug-likeness (QED) is 0.465. The molecular formula is C11H13NO6S. The number of aliphatic hydroxyl groups is 1. The summed E-state index contributed by atoms with van der Waals surface area (Å²) in [5.41, 5.74) is -0.415. The fraction of sp³-hybridized carbons (Fsp3) is 0.364. The summed E-state index contributed by atoms with van der Waals surface area (Å²) in [4.78, 5) is 21.9. The highest BCUT2D eigenvalue weighted by Crippen LogP contribution is 2.17. The number of aliphatic hydroxyl groups excluding tert-OH is 1. The van der Waals surface area contributed by atoms with Crippen molar-refractivity contribution in [3.8, 4) is 0 Å². The maximum atomic E-state index is 12.0. The number of hydrogen-bond donors (Lipinski definition) is 1. The van der Waals surface area contributed by atoms with Crippen LogP contribution in [0.4, 0.5) is 5.69 Å². The summed E-state index contributed by atoms with van der Waals surface area (Å²) < 4.78 is 23.3. The van der Waals surface area contributed by atoms with Crippen LogP contribution < -0.4 is 0 Å². The van der Waals surface area contributed by atoms with Gasteiger partial charge in [-0.3, -0.25) is 14.9 Å². The van der Waals surface area contributed by atoms with Crippen LogP contribution >= 0.6 is 0 Å². The van der Waals surface area contributed by atoms with Gasteiger partial charge in [-0.15, -0.1) is 0 Å². The third kappa shape index (κ3) is 3.36. The molecule has 0 aliphatic rings. The van der Waals surface area contributed by atoms with Crippen molar-refractivity contribution >= 4 is 21.3 Å². The Morgan fingerprint density at radius 2 is 2.11 bits per heavy atom.